The van der Waals surface area contributed by atoms with Gasteiger partial charge in [-0.3, -0.25) is 4.90 Å². The van der Waals surface area contributed by atoms with Crippen molar-refractivity contribution in [3.05, 3.63) is 71.3 Å². The van der Waals surface area contributed by atoms with E-state index < -0.39 is 0 Å². The molecule has 0 spiro atoms. The minimum Gasteiger partial charge on any atom is -0.497 e. The first-order valence-corrected chi connectivity index (χ1v) is 11.7. The fraction of sp³-hybridized carbons (Fsp3) is 0.481. The summed E-state index contributed by atoms with van der Waals surface area (Å²) in [7, 11) is 1.73. The lowest BCUT2D eigenvalue weighted by molar-refractivity contribution is 0.314. The third kappa shape index (κ3) is 4.33. The number of nitrogens with zero attached hydrogens (tertiary/aromatic N) is 2. The second kappa shape index (κ2) is 8.95. The molecule has 2 aromatic rings. The lowest BCUT2D eigenvalue weighted by Gasteiger charge is -2.18. The second-order valence-electron chi connectivity index (χ2n) is 9.30. The van der Waals surface area contributed by atoms with Crippen LogP contribution >= 0.6 is 0 Å². The maximum atomic E-state index is 5.29. The fourth-order valence-electron chi connectivity index (χ4n) is 5.59. The van der Waals surface area contributed by atoms with E-state index in [0.29, 0.717) is 5.92 Å². The van der Waals surface area contributed by atoms with Crippen molar-refractivity contribution in [3.8, 4) is 5.75 Å². The van der Waals surface area contributed by atoms with Gasteiger partial charge in [0, 0.05) is 32.1 Å². The van der Waals surface area contributed by atoms with Crippen LogP contribution in [0.25, 0.3) is 5.57 Å². The van der Waals surface area contributed by atoms with Gasteiger partial charge in [-0.15, -0.1) is 0 Å². The van der Waals surface area contributed by atoms with Crippen LogP contribution in [0.1, 0.15) is 36.0 Å². The summed E-state index contributed by atoms with van der Waals surface area (Å²) in [5, 5.41) is 0. The molecule has 2 fully saturated rings. The number of hydrogen-bond donors (Lipinski definition) is 0. The standard InChI is InChI=1S/C27H34N2O/c1-30-25-11-6-22(7-12-25)18-29-19-24-10-13-26(27(24)20-29)23-8-4-21(5-9-23)14-17-28-15-2-3-16-28/h4-9,11-13,24,27H,2-3,10,14-20H2,1H3/t24-,27+/m1/s1. The van der Waals surface area contributed by atoms with Gasteiger partial charge in [0.2, 0.25) is 0 Å². The van der Waals surface area contributed by atoms with E-state index in [2.05, 4.69) is 64.4 Å². The molecule has 3 nitrogen and oxygen atoms in total. The molecule has 0 radical (unpaired) electrons. The molecule has 158 valence electrons. The zero-order chi connectivity index (χ0) is 20.3. The van der Waals surface area contributed by atoms with Crippen molar-refractivity contribution in [3.63, 3.8) is 0 Å². The molecular formula is C27H34N2O. The van der Waals surface area contributed by atoms with Crippen molar-refractivity contribution < 1.29 is 4.74 Å². The van der Waals surface area contributed by atoms with Gasteiger partial charge in [0.05, 0.1) is 7.11 Å². The number of likely N-dealkylation sites (tertiary alicyclic amines) is 2. The number of hydrogen-bond acceptors (Lipinski definition) is 3. The first kappa shape index (κ1) is 19.8. The molecule has 5 rings (SSSR count). The highest BCUT2D eigenvalue weighted by Gasteiger charge is 2.38. The zero-order valence-electron chi connectivity index (χ0n) is 18.2. The van der Waals surface area contributed by atoms with Crippen molar-refractivity contribution in [1.29, 1.82) is 0 Å². The number of methoxy groups -OCH3 is 1. The summed E-state index contributed by atoms with van der Waals surface area (Å²) in [5.74, 6) is 2.41. The minimum atomic E-state index is 0.693. The van der Waals surface area contributed by atoms with Crippen molar-refractivity contribution in [1.82, 2.24) is 9.80 Å². The average molecular weight is 403 g/mol. The summed E-state index contributed by atoms with van der Waals surface area (Å²) in [6, 6.07) is 18.0. The van der Waals surface area contributed by atoms with Crippen molar-refractivity contribution in [2.75, 3.05) is 39.8 Å². The number of fused-ring (bicyclic) bond motifs is 1. The molecule has 3 heteroatoms. The summed E-state index contributed by atoms with van der Waals surface area (Å²) in [6.45, 7) is 7.23. The second-order valence-corrected chi connectivity index (χ2v) is 9.30. The maximum Gasteiger partial charge on any atom is 0.118 e. The Morgan fingerprint density at radius 2 is 1.60 bits per heavy atom. The van der Waals surface area contributed by atoms with Crippen LogP contribution in [0.3, 0.4) is 0 Å². The summed E-state index contributed by atoms with van der Waals surface area (Å²) >= 11 is 0. The molecule has 0 aromatic heterocycles. The third-order valence-corrected chi connectivity index (χ3v) is 7.32. The molecule has 0 unspecified atom stereocenters. The average Bonchev–Trinajstić information content (AvgIpc) is 3.51. The molecule has 1 aliphatic carbocycles. The first-order chi connectivity index (χ1) is 14.8. The van der Waals surface area contributed by atoms with Gasteiger partial charge in [0.15, 0.2) is 0 Å². The van der Waals surface area contributed by atoms with Crippen molar-refractivity contribution in [2.24, 2.45) is 11.8 Å². The molecule has 30 heavy (non-hydrogen) atoms. The Hall–Kier alpha value is -2.10. The van der Waals surface area contributed by atoms with Crippen LogP contribution in [0.4, 0.5) is 0 Å². The highest BCUT2D eigenvalue weighted by atomic mass is 16.5. The van der Waals surface area contributed by atoms with Crippen LogP contribution in [-0.2, 0) is 13.0 Å². The lowest BCUT2D eigenvalue weighted by atomic mass is 9.90. The third-order valence-electron chi connectivity index (χ3n) is 7.32. The van der Waals surface area contributed by atoms with E-state index in [1.54, 1.807) is 12.7 Å². The van der Waals surface area contributed by atoms with Gasteiger partial charge in [-0.2, -0.15) is 0 Å². The Kier molecular flexibility index (Phi) is 5.92. The van der Waals surface area contributed by atoms with Crippen LogP contribution in [-0.4, -0.2) is 49.6 Å². The molecule has 2 atom stereocenters. The minimum absolute atomic E-state index is 0.693. The highest BCUT2D eigenvalue weighted by Crippen LogP contribution is 2.43. The molecule has 0 amide bonds. The van der Waals surface area contributed by atoms with E-state index in [4.69, 9.17) is 4.74 Å². The van der Waals surface area contributed by atoms with Gasteiger partial charge < -0.3 is 9.64 Å². The van der Waals surface area contributed by atoms with Gasteiger partial charge in [-0.1, -0.05) is 42.5 Å². The normalized spacial score (nSPS) is 24.2. The van der Waals surface area contributed by atoms with Crippen LogP contribution in [0.15, 0.2) is 54.6 Å². The van der Waals surface area contributed by atoms with Gasteiger partial charge in [0.1, 0.15) is 5.75 Å². The number of allylic oxidation sites excluding steroid dienone is 1. The van der Waals surface area contributed by atoms with Crippen LogP contribution in [0, 0.1) is 11.8 Å². The van der Waals surface area contributed by atoms with E-state index in [-0.39, 0.29) is 0 Å². The zero-order valence-corrected chi connectivity index (χ0v) is 18.2. The van der Waals surface area contributed by atoms with E-state index in [0.717, 1.165) is 18.2 Å². The molecule has 0 bridgehead atoms. The molecular weight excluding hydrogens is 368 g/mol. The topological polar surface area (TPSA) is 15.7 Å². The van der Waals surface area contributed by atoms with Gasteiger partial charge in [0.25, 0.3) is 0 Å². The molecule has 2 saturated heterocycles. The summed E-state index contributed by atoms with van der Waals surface area (Å²) in [5.41, 5.74) is 5.89. The van der Waals surface area contributed by atoms with Crippen molar-refractivity contribution >= 4 is 5.57 Å². The quantitative estimate of drug-likeness (QED) is 0.657. The number of ether oxygens (including phenoxy) is 1. The Bertz CT molecular complexity index is 865. The summed E-state index contributed by atoms with van der Waals surface area (Å²) in [4.78, 5) is 5.24. The SMILES string of the molecule is COc1ccc(CN2C[C@H]3CC=C(c4ccc(CCN5CCCC5)cc4)[C@H]3C2)cc1. The lowest BCUT2D eigenvalue weighted by Crippen LogP contribution is -2.21. The summed E-state index contributed by atoms with van der Waals surface area (Å²) < 4.78 is 5.29. The van der Waals surface area contributed by atoms with E-state index in [9.17, 15) is 0 Å². The highest BCUT2D eigenvalue weighted by molar-refractivity contribution is 5.70. The van der Waals surface area contributed by atoms with Gasteiger partial charge in [-0.05, 0) is 79.1 Å². The Labute approximate surface area is 181 Å². The Morgan fingerprint density at radius 3 is 2.33 bits per heavy atom. The molecule has 0 saturated carbocycles. The fourth-order valence-corrected chi connectivity index (χ4v) is 5.59. The van der Waals surface area contributed by atoms with Crippen molar-refractivity contribution in [2.45, 2.75) is 32.2 Å². The van der Waals surface area contributed by atoms with Crippen LogP contribution in [0.5, 0.6) is 5.75 Å². The van der Waals surface area contributed by atoms with Crippen LogP contribution in [0.2, 0.25) is 0 Å². The summed E-state index contributed by atoms with van der Waals surface area (Å²) in [6.07, 6.45) is 7.69. The Morgan fingerprint density at radius 1 is 0.867 bits per heavy atom. The van der Waals surface area contributed by atoms with E-state index >= 15 is 0 Å². The van der Waals surface area contributed by atoms with Gasteiger partial charge >= 0.3 is 0 Å². The number of rotatable bonds is 7. The van der Waals surface area contributed by atoms with Crippen LogP contribution < -0.4 is 4.74 Å². The smallest absolute Gasteiger partial charge is 0.118 e. The molecule has 0 N–H and O–H groups in total. The maximum absolute atomic E-state index is 5.29. The molecule has 2 aliphatic heterocycles. The van der Waals surface area contributed by atoms with E-state index in [1.165, 1.54) is 75.1 Å². The molecule has 2 aromatic carbocycles. The largest absolute Gasteiger partial charge is 0.497 e. The Balaban J connectivity index is 1.18. The molecule has 3 aliphatic rings. The first-order valence-electron chi connectivity index (χ1n) is 11.7. The predicted octanol–water partition coefficient (Wildman–Crippen LogP) is 4.87. The predicted molar refractivity (Wildman–Crippen MR) is 124 cm³/mol. The van der Waals surface area contributed by atoms with E-state index in [1.807, 2.05) is 0 Å². The monoisotopic (exact) mass is 402 g/mol. The van der Waals surface area contributed by atoms with Gasteiger partial charge in [-0.25, -0.2) is 0 Å². The molecule has 2 heterocycles. The number of benzene rings is 2.